The normalized spacial score (nSPS) is 16.9. The van der Waals surface area contributed by atoms with Gasteiger partial charge in [0.25, 0.3) is 5.91 Å². The first-order valence-electron chi connectivity index (χ1n) is 17.2. The fourth-order valence-corrected chi connectivity index (χ4v) is 7.39. The predicted molar refractivity (Wildman–Crippen MR) is 194 cm³/mol. The molecule has 2 fully saturated rings. The third-order valence-corrected chi connectivity index (χ3v) is 9.86. The van der Waals surface area contributed by atoms with Crippen molar-refractivity contribution in [1.29, 1.82) is 0 Å². The quantitative estimate of drug-likeness (QED) is 0.199. The van der Waals surface area contributed by atoms with Gasteiger partial charge in [0.1, 0.15) is 0 Å². The molecule has 1 N–H and O–H groups in total. The van der Waals surface area contributed by atoms with Crippen LogP contribution in [0.5, 0.6) is 0 Å². The summed E-state index contributed by atoms with van der Waals surface area (Å²) in [7, 11) is 0. The number of anilines is 1. The molecule has 8 heteroatoms. The zero-order valence-corrected chi connectivity index (χ0v) is 28.0. The molecular weight excluding hydrogens is 610 g/mol. The van der Waals surface area contributed by atoms with Crippen molar-refractivity contribution in [2.75, 3.05) is 50.7 Å². The van der Waals surface area contributed by atoms with Gasteiger partial charge in [-0.25, -0.2) is 4.79 Å². The van der Waals surface area contributed by atoms with Crippen LogP contribution in [-0.2, 0) is 13.0 Å². The zero-order chi connectivity index (χ0) is 33.7. The summed E-state index contributed by atoms with van der Waals surface area (Å²) < 4.78 is 2.21. The first-order valence-corrected chi connectivity index (χ1v) is 17.2. The Kier molecular flexibility index (Phi) is 9.48. The molecule has 0 saturated carbocycles. The number of nitrogens with zero attached hydrogens (tertiary/aromatic N) is 5. The van der Waals surface area contributed by atoms with Gasteiger partial charge in [-0.3, -0.25) is 9.69 Å². The summed E-state index contributed by atoms with van der Waals surface area (Å²) in [4.78, 5) is 34.7. The highest BCUT2D eigenvalue weighted by Gasteiger charge is 2.34. The number of rotatable bonds is 8. The molecule has 5 aromatic rings. The summed E-state index contributed by atoms with van der Waals surface area (Å²) in [5, 5.41) is 9.43. The molecular formula is C41H43N5O3. The van der Waals surface area contributed by atoms with Crippen molar-refractivity contribution in [3.8, 4) is 16.9 Å². The van der Waals surface area contributed by atoms with E-state index in [1.54, 1.807) is 0 Å². The molecule has 7 rings (SSSR count). The average molecular weight is 654 g/mol. The van der Waals surface area contributed by atoms with Gasteiger partial charge in [0, 0.05) is 75.5 Å². The lowest BCUT2D eigenvalue weighted by Crippen LogP contribution is -2.55. The van der Waals surface area contributed by atoms with Gasteiger partial charge in [-0.15, -0.1) is 0 Å². The topological polar surface area (TPSA) is 72.3 Å². The van der Waals surface area contributed by atoms with E-state index in [2.05, 4.69) is 117 Å². The lowest BCUT2D eigenvalue weighted by molar-refractivity contribution is 0.0439. The van der Waals surface area contributed by atoms with Gasteiger partial charge in [-0.2, -0.15) is 0 Å². The first-order chi connectivity index (χ1) is 23.9. The molecule has 49 heavy (non-hydrogen) atoms. The van der Waals surface area contributed by atoms with E-state index in [0.29, 0.717) is 38.3 Å². The number of carboxylic acid groups (broad SMARTS) is 1. The van der Waals surface area contributed by atoms with Gasteiger partial charge in [-0.1, -0.05) is 97.1 Å². The summed E-state index contributed by atoms with van der Waals surface area (Å²) in [6.45, 7) is 7.40. The van der Waals surface area contributed by atoms with Crippen LogP contribution in [0.25, 0.3) is 16.9 Å². The van der Waals surface area contributed by atoms with Crippen molar-refractivity contribution in [3.63, 3.8) is 0 Å². The highest BCUT2D eigenvalue weighted by Crippen LogP contribution is 2.34. The van der Waals surface area contributed by atoms with Gasteiger partial charge in [0.05, 0.1) is 11.3 Å². The smallest absolute Gasteiger partial charge is 0.407 e. The number of carbonyl (C=O) groups excluding carboxylic acids is 1. The fraction of sp³-hybridized carbons (Fsp3) is 0.268. The number of hydrogen-bond acceptors (Lipinski definition) is 4. The summed E-state index contributed by atoms with van der Waals surface area (Å²) in [6, 6.07) is 41.7. The standard InChI is InChI=1S/C41H43N5O3/c1-31-26-38(40(47)45-25-20-42(29-33-14-7-3-8-15-33)30-37(45)27-32-12-5-2-6-13-32)39(34-16-9-4-10-17-34)46(31)36-19-11-18-35(28-36)43-21-23-44(24-22-43)41(48)49/h2-19,26,28,37H,20-25,27,29-30H2,1H3,(H,48,49)/t37-/m1/s1. The maximum atomic E-state index is 14.9. The molecule has 3 heterocycles. The van der Waals surface area contributed by atoms with Crippen LogP contribution in [-0.4, -0.2) is 88.2 Å². The zero-order valence-electron chi connectivity index (χ0n) is 28.0. The van der Waals surface area contributed by atoms with Crippen LogP contribution < -0.4 is 4.90 Å². The lowest BCUT2D eigenvalue weighted by atomic mass is 9.99. The maximum Gasteiger partial charge on any atom is 0.407 e. The molecule has 1 atom stereocenters. The van der Waals surface area contributed by atoms with E-state index in [-0.39, 0.29) is 11.9 Å². The molecule has 0 spiro atoms. The Morgan fingerprint density at radius 1 is 0.694 bits per heavy atom. The second kappa shape index (κ2) is 14.4. The van der Waals surface area contributed by atoms with Gasteiger partial charge in [0.2, 0.25) is 0 Å². The van der Waals surface area contributed by atoms with Crippen LogP contribution in [0.2, 0.25) is 0 Å². The second-order valence-electron chi connectivity index (χ2n) is 13.1. The molecule has 0 radical (unpaired) electrons. The highest BCUT2D eigenvalue weighted by molar-refractivity contribution is 6.01. The van der Waals surface area contributed by atoms with E-state index >= 15 is 0 Å². The van der Waals surface area contributed by atoms with Gasteiger partial charge in [-0.05, 0) is 54.3 Å². The molecule has 1 aromatic heterocycles. The van der Waals surface area contributed by atoms with E-state index in [9.17, 15) is 14.7 Å². The summed E-state index contributed by atoms with van der Waals surface area (Å²) in [5.41, 5.74) is 8.09. The van der Waals surface area contributed by atoms with Crippen molar-refractivity contribution in [3.05, 3.63) is 144 Å². The van der Waals surface area contributed by atoms with E-state index in [0.717, 1.165) is 54.4 Å². The average Bonchev–Trinajstić information content (AvgIpc) is 3.49. The Bertz CT molecular complexity index is 1880. The van der Waals surface area contributed by atoms with Crippen molar-refractivity contribution in [2.24, 2.45) is 0 Å². The number of amides is 2. The van der Waals surface area contributed by atoms with Crippen LogP contribution in [0.15, 0.2) is 121 Å². The number of hydrogen-bond donors (Lipinski definition) is 1. The lowest BCUT2D eigenvalue weighted by Gasteiger charge is -2.42. The molecule has 0 bridgehead atoms. The van der Waals surface area contributed by atoms with Crippen LogP contribution in [0.1, 0.15) is 27.2 Å². The number of benzene rings is 4. The Morgan fingerprint density at radius 3 is 2.00 bits per heavy atom. The molecule has 2 amide bonds. The summed E-state index contributed by atoms with van der Waals surface area (Å²) in [6.07, 6.45) is -0.0835. The fourth-order valence-electron chi connectivity index (χ4n) is 7.39. The van der Waals surface area contributed by atoms with Crippen molar-refractivity contribution in [2.45, 2.75) is 25.9 Å². The van der Waals surface area contributed by atoms with Crippen LogP contribution in [0.4, 0.5) is 10.5 Å². The largest absolute Gasteiger partial charge is 0.465 e. The van der Waals surface area contributed by atoms with Gasteiger partial charge < -0.3 is 24.4 Å². The minimum Gasteiger partial charge on any atom is -0.465 e. The number of piperazine rings is 2. The maximum absolute atomic E-state index is 14.9. The minimum atomic E-state index is -0.871. The predicted octanol–water partition coefficient (Wildman–Crippen LogP) is 6.82. The number of carbonyl (C=O) groups is 2. The van der Waals surface area contributed by atoms with E-state index < -0.39 is 6.09 Å². The second-order valence-corrected chi connectivity index (χ2v) is 13.1. The van der Waals surface area contributed by atoms with Crippen molar-refractivity contribution < 1.29 is 14.7 Å². The van der Waals surface area contributed by atoms with Crippen LogP contribution >= 0.6 is 0 Å². The summed E-state index contributed by atoms with van der Waals surface area (Å²) in [5.74, 6) is 0.0574. The Balaban J connectivity index is 1.23. The van der Waals surface area contributed by atoms with E-state index in [1.807, 2.05) is 30.3 Å². The highest BCUT2D eigenvalue weighted by atomic mass is 16.4. The van der Waals surface area contributed by atoms with Crippen LogP contribution in [0, 0.1) is 6.92 Å². The molecule has 4 aromatic carbocycles. The van der Waals surface area contributed by atoms with Crippen molar-refractivity contribution in [1.82, 2.24) is 19.3 Å². The SMILES string of the molecule is Cc1cc(C(=O)N2CCN(Cc3ccccc3)C[C@H]2Cc2ccccc2)c(-c2ccccc2)n1-c1cccc(N2CCN(C(=O)O)CC2)c1. The molecule has 0 unspecified atom stereocenters. The van der Waals surface area contributed by atoms with E-state index in [4.69, 9.17) is 0 Å². The summed E-state index contributed by atoms with van der Waals surface area (Å²) >= 11 is 0. The third-order valence-electron chi connectivity index (χ3n) is 9.86. The van der Waals surface area contributed by atoms with Gasteiger partial charge in [0.15, 0.2) is 0 Å². The number of aryl methyl sites for hydroxylation is 1. The molecule has 2 aliphatic rings. The molecule has 0 aliphatic carbocycles. The molecule has 8 nitrogen and oxygen atoms in total. The van der Waals surface area contributed by atoms with Crippen LogP contribution in [0.3, 0.4) is 0 Å². The first kappa shape index (κ1) is 32.2. The third kappa shape index (κ3) is 7.10. The minimum absolute atomic E-state index is 0.0208. The van der Waals surface area contributed by atoms with E-state index in [1.165, 1.54) is 16.0 Å². The Labute approximate surface area is 288 Å². The van der Waals surface area contributed by atoms with Crippen molar-refractivity contribution >= 4 is 17.7 Å². The molecule has 250 valence electrons. The monoisotopic (exact) mass is 653 g/mol. The Morgan fingerprint density at radius 2 is 1.33 bits per heavy atom. The van der Waals surface area contributed by atoms with Gasteiger partial charge >= 0.3 is 6.09 Å². The Hall–Kier alpha value is -5.34. The number of aromatic nitrogens is 1. The molecule has 2 aliphatic heterocycles. The molecule has 2 saturated heterocycles.